The van der Waals surface area contributed by atoms with Crippen LogP contribution in [-0.4, -0.2) is 39.4 Å². The Balaban J connectivity index is 1.77. The fraction of sp³-hybridized carbons (Fsp3) is 0.458. The van der Waals surface area contributed by atoms with Crippen molar-refractivity contribution in [3.63, 3.8) is 0 Å². The van der Waals surface area contributed by atoms with Crippen molar-refractivity contribution in [1.82, 2.24) is 0 Å². The molecule has 5 heteroatoms. The van der Waals surface area contributed by atoms with E-state index in [1.807, 2.05) is 24.3 Å². The van der Waals surface area contributed by atoms with Crippen LogP contribution in [0.5, 0.6) is 17.2 Å². The third-order valence-electron chi connectivity index (χ3n) is 5.12. The van der Waals surface area contributed by atoms with Crippen molar-refractivity contribution in [3.05, 3.63) is 53.1 Å². The Hall–Kier alpha value is -2.69. The zero-order chi connectivity index (χ0) is 20.9. The smallest absolute Gasteiger partial charge is 0.217 e. The van der Waals surface area contributed by atoms with Crippen molar-refractivity contribution in [2.75, 3.05) is 27.9 Å². The number of methoxy groups -OCH3 is 3. The molecule has 0 aliphatic carbocycles. The SMILES string of the molecule is COc1cccc(CCCCc2c(C3=NC(C)(C)CO3)ccc(OC)c2OC)c1. The molecule has 1 aliphatic heterocycles. The summed E-state index contributed by atoms with van der Waals surface area (Å²) in [6.07, 6.45) is 3.95. The van der Waals surface area contributed by atoms with Crippen LogP contribution in [0, 0.1) is 0 Å². The van der Waals surface area contributed by atoms with Crippen molar-refractivity contribution in [3.8, 4) is 17.2 Å². The van der Waals surface area contributed by atoms with Gasteiger partial charge in [0.15, 0.2) is 11.5 Å². The summed E-state index contributed by atoms with van der Waals surface area (Å²) in [6, 6.07) is 12.2. The maximum absolute atomic E-state index is 5.91. The van der Waals surface area contributed by atoms with Crippen LogP contribution in [0.3, 0.4) is 0 Å². The van der Waals surface area contributed by atoms with E-state index in [0.717, 1.165) is 54.1 Å². The molecule has 0 spiro atoms. The molecule has 29 heavy (non-hydrogen) atoms. The van der Waals surface area contributed by atoms with Gasteiger partial charge in [-0.1, -0.05) is 12.1 Å². The van der Waals surface area contributed by atoms with Crippen LogP contribution in [0.2, 0.25) is 0 Å². The topological polar surface area (TPSA) is 49.3 Å². The summed E-state index contributed by atoms with van der Waals surface area (Å²) in [4.78, 5) is 4.76. The van der Waals surface area contributed by atoms with E-state index in [1.165, 1.54) is 5.56 Å². The highest BCUT2D eigenvalue weighted by Gasteiger charge is 2.29. The van der Waals surface area contributed by atoms with E-state index in [2.05, 4.69) is 26.0 Å². The molecule has 0 bridgehead atoms. The van der Waals surface area contributed by atoms with Crippen molar-refractivity contribution in [2.45, 2.75) is 45.1 Å². The minimum absolute atomic E-state index is 0.202. The fourth-order valence-electron chi connectivity index (χ4n) is 3.62. The fourth-order valence-corrected chi connectivity index (χ4v) is 3.62. The second-order valence-electron chi connectivity index (χ2n) is 7.90. The van der Waals surface area contributed by atoms with Gasteiger partial charge in [-0.15, -0.1) is 0 Å². The van der Waals surface area contributed by atoms with Gasteiger partial charge in [-0.25, -0.2) is 4.99 Å². The van der Waals surface area contributed by atoms with Crippen LogP contribution >= 0.6 is 0 Å². The first-order valence-electron chi connectivity index (χ1n) is 10.1. The first-order valence-corrected chi connectivity index (χ1v) is 10.1. The molecular weight excluding hydrogens is 366 g/mol. The molecule has 0 saturated heterocycles. The Morgan fingerprint density at radius 2 is 1.76 bits per heavy atom. The highest BCUT2D eigenvalue weighted by molar-refractivity contribution is 5.98. The monoisotopic (exact) mass is 397 g/mol. The minimum atomic E-state index is -0.202. The van der Waals surface area contributed by atoms with Gasteiger partial charge in [-0.05, 0) is 69.4 Å². The number of aryl methyl sites for hydroxylation is 1. The molecular formula is C24H31NO4. The van der Waals surface area contributed by atoms with Crippen molar-refractivity contribution < 1.29 is 18.9 Å². The van der Waals surface area contributed by atoms with Crippen LogP contribution in [-0.2, 0) is 17.6 Å². The van der Waals surface area contributed by atoms with Gasteiger partial charge in [-0.2, -0.15) is 0 Å². The molecule has 5 nitrogen and oxygen atoms in total. The molecule has 0 fully saturated rings. The molecule has 156 valence electrons. The van der Waals surface area contributed by atoms with Crippen molar-refractivity contribution >= 4 is 5.90 Å². The van der Waals surface area contributed by atoms with E-state index in [9.17, 15) is 0 Å². The van der Waals surface area contributed by atoms with E-state index in [4.69, 9.17) is 23.9 Å². The lowest BCUT2D eigenvalue weighted by atomic mass is 9.98. The summed E-state index contributed by atoms with van der Waals surface area (Å²) in [5.74, 6) is 3.09. The molecule has 0 saturated carbocycles. The van der Waals surface area contributed by atoms with Gasteiger partial charge in [0.2, 0.25) is 5.90 Å². The van der Waals surface area contributed by atoms with Gasteiger partial charge in [0.05, 0.1) is 26.9 Å². The van der Waals surface area contributed by atoms with Crippen LogP contribution in [0.15, 0.2) is 41.4 Å². The van der Waals surface area contributed by atoms with Crippen molar-refractivity contribution in [1.29, 1.82) is 0 Å². The van der Waals surface area contributed by atoms with Crippen LogP contribution in [0.4, 0.5) is 0 Å². The van der Waals surface area contributed by atoms with Gasteiger partial charge in [0, 0.05) is 11.1 Å². The second kappa shape index (κ2) is 9.21. The molecule has 0 amide bonds. The average Bonchev–Trinajstić information content (AvgIpc) is 3.10. The van der Waals surface area contributed by atoms with Crippen LogP contribution in [0.1, 0.15) is 43.4 Å². The number of hydrogen-bond acceptors (Lipinski definition) is 5. The lowest BCUT2D eigenvalue weighted by molar-refractivity contribution is 0.279. The molecule has 3 rings (SSSR count). The Morgan fingerprint density at radius 3 is 2.41 bits per heavy atom. The largest absolute Gasteiger partial charge is 0.497 e. The predicted octanol–water partition coefficient (Wildman–Crippen LogP) is 4.83. The number of hydrogen-bond donors (Lipinski definition) is 0. The summed E-state index contributed by atoms with van der Waals surface area (Å²) < 4.78 is 22.5. The first kappa shape index (κ1) is 21.0. The zero-order valence-electron chi connectivity index (χ0n) is 18.1. The summed E-state index contributed by atoms with van der Waals surface area (Å²) in [5.41, 5.74) is 3.17. The highest BCUT2D eigenvalue weighted by atomic mass is 16.5. The number of benzene rings is 2. The molecule has 0 N–H and O–H groups in total. The summed E-state index contributed by atoms with van der Waals surface area (Å²) >= 11 is 0. The number of unbranched alkanes of at least 4 members (excludes halogenated alkanes) is 1. The van der Waals surface area contributed by atoms with E-state index in [-0.39, 0.29) is 5.54 Å². The molecule has 2 aromatic rings. The van der Waals surface area contributed by atoms with Crippen molar-refractivity contribution in [2.24, 2.45) is 4.99 Å². The quantitative estimate of drug-likeness (QED) is 0.569. The zero-order valence-corrected chi connectivity index (χ0v) is 18.1. The number of nitrogens with zero attached hydrogens (tertiary/aromatic N) is 1. The van der Waals surface area contributed by atoms with E-state index in [1.54, 1.807) is 21.3 Å². The van der Waals surface area contributed by atoms with Gasteiger partial charge < -0.3 is 18.9 Å². The Labute approximate surface area is 173 Å². The lowest BCUT2D eigenvalue weighted by Crippen LogP contribution is -2.17. The van der Waals surface area contributed by atoms with E-state index < -0.39 is 0 Å². The van der Waals surface area contributed by atoms with Gasteiger partial charge in [0.25, 0.3) is 0 Å². The second-order valence-corrected chi connectivity index (χ2v) is 7.90. The van der Waals surface area contributed by atoms with Gasteiger partial charge in [0.1, 0.15) is 12.4 Å². The third-order valence-corrected chi connectivity index (χ3v) is 5.12. The van der Waals surface area contributed by atoms with E-state index in [0.29, 0.717) is 12.5 Å². The maximum Gasteiger partial charge on any atom is 0.217 e. The normalized spacial score (nSPS) is 14.9. The summed E-state index contributed by atoms with van der Waals surface area (Å²) in [5, 5.41) is 0. The minimum Gasteiger partial charge on any atom is -0.497 e. The highest BCUT2D eigenvalue weighted by Crippen LogP contribution is 2.36. The molecule has 0 unspecified atom stereocenters. The van der Waals surface area contributed by atoms with Gasteiger partial charge >= 0.3 is 0 Å². The Kier molecular flexibility index (Phi) is 6.68. The number of rotatable bonds is 9. The molecule has 0 radical (unpaired) electrons. The Morgan fingerprint density at radius 1 is 0.966 bits per heavy atom. The van der Waals surface area contributed by atoms with E-state index >= 15 is 0 Å². The molecule has 1 heterocycles. The molecule has 1 aliphatic rings. The lowest BCUT2D eigenvalue weighted by Gasteiger charge is -2.17. The first-order chi connectivity index (χ1) is 14.0. The molecule has 0 atom stereocenters. The summed E-state index contributed by atoms with van der Waals surface area (Å²) in [7, 11) is 5.05. The summed E-state index contributed by atoms with van der Waals surface area (Å²) in [6.45, 7) is 4.75. The number of ether oxygens (including phenoxy) is 4. The standard InChI is InChI=1S/C24H31NO4/c1-24(2)16-29-23(25-24)20-13-14-21(27-4)22(28-5)19(20)12-7-6-9-17-10-8-11-18(15-17)26-3/h8,10-11,13-15H,6-7,9,12,16H2,1-5H3. The average molecular weight is 398 g/mol. The molecule has 2 aromatic carbocycles. The molecule has 0 aromatic heterocycles. The van der Waals surface area contributed by atoms with Crippen LogP contribution in [0.25, 0.3) is 0 Å². The third kappa shape index (κ3) is 5.03. The predicted molar refractivity (Wildman–Crippen MR) is 116 cm³/mol. The maximum atomic E-state index is 5.91. The number of aliphatic imine (C=N–C) groups is 1. The Bertz CT molecular complexity index is 873. The van der Waals surface area contributed by atoms with Gasteiger partial charge in [-0.3, -0.25) is 0 Å². The van der Waals surface area contributed by atoms with Crippen LogP contribution < -0.4 is 14.2 Å².